The number of hydrogen-bond donors (Lipinski definition) is 1. The van der Waals surface area contributed by atoms with E-state index in [1.165, 1.54) is 0 Å². The van der Waals surface area contributed by atoms with Crippen molar-refractivity contribution in [2.75, 3.05) is 18.0 Å². The van der Waals surface area contributed by atoms with Crippen molar-refractivity contribution >= 4 is 29.7 Å². The number of nitrogens with one attached hydrogen (secondary N) is 1. The van der Waals surface area contributed by atoms with Crippen molar-refractivity contribution < 1.29 is 4.74 Å². The van der Waals surface area contributed by atoms with E-state index in [0.717, 1.165) is 59.6 Å². The SMILES string of the molecule is C=NC(=CN=CC)C1CCN(c2cc(-c3n[nH]c4cnc(OC(C)C)cc34)ccn2)CC1. The van der Waals surface area contributed by atoms with E-state index in [9.17, 15) is 0 Å². The number of nitrogens with zero attached hydrogens (tertiary/aromatic N) is 6. The molecule has 0 radical (unpaired) electrons. The minimum atomic E-state index is 0.0613. The van der Waals surface area contributed by atoms with Gasteiger partial charge in [-0.3, -0.25) is 15.1 Å². The van der Waals surface area contributed by atoms with Crippen LogP contribution >= 0.6 is 0 Å². The maximum atomic E-state index is 5.77. The van der Waals surface area contributed by atoms with Crippen LogP contribution in [0.4, 0.5) is 5.82 Å². The monoisotopic (exact) mass is 431 g/mol. The first-order valence-electron chi connectivity index (χ1n) is 11.0. The molecule has 8 nitrogen and oxygen atoms in total. The molecule has 32 heavy (non-hydrogen) atoms. The molecule has 0 saturated carbocycles. The standard InChI is InChI=1S/C24H29N7O/c1-5-26-14-20(25-4)17-7-10-31(11-8-17)22-12-18(6-9-27-22)24-19-13-23(32-16(2)3)28-15-21(19)29-30-24/h5-6,9,12-17H,4,7-8,10-11H2,1-3H3,(H,29,30). The van der Waals surface area contributed by atoms with Crippen LogP contribution in [0.15, 0.2) is 52.5 Å². The fourth-order valence-corrected chi connectivity index (χ4v) is 3.99. The van der Waals surface area contributed by atoms with Gasteiger partial charge in [-0.05, 0) is 52.5 Å². The van der Waals surface area contributed by atoms with Gasteiger partial charge in [0, 0.05) is 54.6 Å². The molecule has 0 atom stereocenters. The van der Waals surface area contributed by atoms with Gasteiger partial charge < -0.3 is 9.64 Å². The molecule has 1 aliphatic heterocycles. The van der Waals surface area contributed by atoms with Gasteiger partial charge in [-0.2, -0.15) is 5.10 Å². The van der Waals surface area contributed by atoms with Gasteiger partial charge in [0.05, 0.1) is 23.5 Å². The fraction of sp³-hybridized carbons (Fsp3) is 0.375. The number of aromatic nitrogens is 4. The predicted molar refractivity (Wildman–Crippen MR) is 130 cm³/mol. The molecular formula is C24H29N7O. The van der Waals surface area contributed by atoms with Crippen LogP contribution < -0.4 is 9.64 Å². The highest BCUT2D eigenvalue weighted by Gasteiger charge is 2.23. The number of aliphatic imine (C=N–C) groups is 2. The summed E-state index contributed by atoms with van der Waals surface area (Å²) in [7, 11) is 0. The number of allylic oxidation sites excluding steroid dienone is 1. The topological polar surface area (TPSA) is 91.7 Å². The summed E-state index contributed by atoms with van der Waals surface area (Å²) in [5, 5.41) is 8.59. The number of anilines is 1. The molecule has 0 bridgehead atoms. The number of pyridine rings is 2. The van der Waals surface area contributed by atoms with E-state index < -0.39 is 0 Å². The van der Waals surface area contributed by atoms with Crippen LogP contribution in [-0.2, 0) is 0 Å². The van der Waals surface area contributed by atoms with Gasteiger partial charge in [-0.25, -0.2) is 9.97 Å². The second kappa shape index (κ2) is 9.72. The van der Waals surface area contributed by atoms with Gasteiger partial charge in [-0.1, -0.05) is 0 Å². The minimum Gasteiger partial charge on any atom is -0.475 e. The normalized spacial score (nSPS) is 15.8. The third kappa shape index (κ3) is 4.69. The first-order chi connectivity index (χ1) is 15.6. The second-order valence-corrected chi connectivity index (χ2v) is 8.09. The van der Waals surface area contributed by atoms with Gasteiger partial charge in [0.1, 0.15) is 11.5 Å². The molecule has 4 heterocycles. The summed E-state index contributed by atoms with van der Waals surface area (Å²) in [6.45, 7) is 11.4. The zero-order chi connectivity index (χ0) is 22.5. The summed E-state index contributed by atoms with van der Waals surface area (Å²) in [5.41, 5.74) is 3.71. The number of hydrogen-bond acceptors (Lipinski definition) is 7. The lowest BCUT2D eigenvalue weighted by atomic mass is 9.94. The van der Waals surface area contributed by atoms with Crippen molar-refractivity contribution in [3.8, 4) is 17.1 Å². The highest BCUT2D eigenvalue weighted by Crippen LogP contribution is 2.32. The summed E-state index contributed by atoms with van der Waals surface area (Å²) in [5.74, 6) is 1.92. The van der Waals surface area contributed by atoms with E-state index in [-0.39, 0.29) is 6.10 Å². The zero-order valence-electron chi connectivity index (χ0n) is 18.8. The summed E-state index contributed by atoms with van der Waals surface area (Å²) in [6, 6.07) is 6.03. The fourth-order valence-electron chi connectivity index (χ4n) is 3.99. The van der Waals surface area contributed by atoms with Gasteiger partial charge in [0.25, 0.3) is 0 Å². The van der Waals surface area contributed by atoms with Crippen molar-refractivity contribution in [1.29, 1.82) is 0 Å². The molecule has 0 spiro atoms. The smallest absolute Gasteiger partial charge is 0.214 e. The molecule has 3 aromatic rings. The maximum absolute atomic E-state index is 5.77. The Morgan fingerprint density at radius 1 is 1.28 bits per heavy atom. The maximum Gasteiger partial charge on any atom is 0.214 e. The third-order valence-corrected chi connectivity index (χ3v) is 5.57. The summed E-state index contributed by atoms with van der Waals surface area (Å²) in [4.78, 5) is 19.7. The molecule has 0 amide bonds. The van der Waals surface area contributed by atoms with Crippen LogP contribution in [0.3, 0.4) is 0 Å². The Labute approximate surface area is 188 Å². The van der Waals surface area contributed by atoms with E-state index in [1.807, 2.05) is 45.3 Å². The summed E-state index contributed by atoms with van der Waals surface area (Å²) >= 11 is 0. The predicted octanol–water partition coefficient (Wildman–Crippen LogP) is 4.66. The Balaban J connectivity index is 1.54. The second-order valence-electron chi connectivity index (χ2n) is 8.09. The Hall–Kier alpha value is -3.55. The van der Waals surface area contributed by atoms with Crippen LogP contribution in [0.1, 0.15) is 33.6 Å². The van der Waals surface area contributed by atoms with Crippen molar-refractivity contribution in [2.24, 2.45) is 15.9 Å². The first kappa shape index (κ1) is 21.7. The molecule has 1 N–H and O–H groups in total. The average molecular weight is 432 g/mol. The molecule has 8 heteroatoms. The number of aromatic amines is 1. The molecular weight excluding hydrogens is 402 g/mol. The van der Waals surface area contributed by atoms with Gasteiger partial charge in [-0.15, -0.1) is 0 Å². The molecule has 0 unspecified atom stereocenters. The van der Waals surface area contributed by atoms with Gasteiger partial charge >= 0.3 is 0 Å². The molecule has 0 aromatic carbocycles. The molecule has 4 rings (SSSR count). The Bertz CT molecular complexity index is 1140. The van der Waals surface area contributed by atoms with E-state index in [0.29, 0.717) is 11.8 Å². The highest BCUT2D eigenvalue weighted by atomic mass is 16.5. The first-order valence-corrected chi connectivity index (χ1v) is 11.0. The van der Waals surface area contributed by atoms with Crippen LogP contribution in [-0.4, -0.2) is 52.3 Å². The summed E-state index contributed by atoms with van der Waals surface area (Å²) in [6.07, 6.45) is 9.23. The molecule has 1 aliphatic rings. The van der Waals surface area contributed by atoms with Crippen molar-refractivity contribution in [3.63, 3.8) is 0 Å². The zero-order valence-corrected chi connectivity index (χ0v) is 18.8. The highest BCUT2D eigenvalue weighted by molar-refractivity contribution is 5.93. The number of piperidine rings is 1. The molecule has 3 aromatic heterocycles. The lowest BCUT2D eigenvalue weighted by Crippen LogP contribution is -2.34. The van der Waals surface area contributed by atoms with Crippen LogP contribution in [0.2, 0.25) is 0 Å². The Morgan fingerprint density at radius 3 is 2.81 bits per heavy atom. The average Bonchev–Trinajstić information content (AvgIpc) is 3.23. The molecule has 1 saturated heterocycles. The van der Waals surface area contributed by atoms with E-state index in [4.69, 9.17) is 4.74 Å². The lowest BCUT2D eigenvalue weighted by molar-refractivity contribution is 0.233. The number of H-pyrrole nitrogens is 1. The molecule has 1 fully saturated rings. The van der Waals surface area contributed by atoms with Crippen LogP contribution in [0.25, 0.3) is 22.2 Å². The van der Waals surface area contributed by atoms with Crippen LogP contribution in [0, 0.1) is 5.92 Å². The number of rotatable bonds is 7. The Kier molecular flexibility index (Phi) is 6.58. The number of ether oxygens (including phenoxy) is 1. The molecule has 166 valence electrons. The Morgan fingerprint density at radius 2 is 2.09 bits per heavy atom. The van der Waals surface area contributed by atoms with Crippen molar-refractivity contribution in [2.45, 2.75) is 39.7 Å². The quantitative estimate of drug-likeness (QED) is 0.550. The molecule has 0 aliphatic carbocycles. The van der Waals surface area contributed by atoms with E-state index in [1.54, 1.807) is 12.4 Å². The third-order valence-electron chi connectivity index (χ3n) is 5.57. The number of fused-ring (bicyclic) bond motifs is 1. The largest absolute Gasteiger partial charge is 0.475 e. The van der Waals surface area contributed by atoms with Crippen LogP contribution in [0.5, 0.6) is 5.88 Å². The van der Waals surface area contributed by atoms with Crippen molar-refractivity contribution in [1.82, 2.24) is 20.2 Å². The summed E-state index contributed by atoms with van der Waals surface area (Å²) < 4.78 is 5.77. The van der Waals surface area contributed by atoms with E-state index in [2.05, 4.69) is 47.8 Å². The van der Waals surface area contributed by atoms with Gasteiger partial charge in [0.15, 0.2) is 0 Å². The minimum absolute atomic E-state index is 0.0613. The van der Waals surface area contributed by atoms with Gasteiger partial charge in [0.2, 0.25) is 5.88 Å². The lowest BCUT2D eigenvalue weighted by Gasteiger charge is -2.33. The van der Waals surface area contributed by atoms with Crippen molar-refractivity contribution in [3.05, 3.63) is 42.5 Å². The van der Waals surface area contributed by atoms with E-state index >= 15 is 0 Å².